The fraction of sp³-hybridized carbons (Fsp3) is 0.353. The summed E-state index contributed by atoms with van der Waals surface area (Å²) in [5.41, 5.74) is 1.73. The van der Waals surface area contributed by atoms with E-state index in [2.05, 4.69) is 9.97 Å². The van der Waals surface area contributed by atoms with Gasteiger partial charge in [0.1, 0.15) is 11.8 Å². The Balaban J connectivity index is 1.67. The Labute approximate surface area is 157 Å². The molecule has 0 N–H and O–H groups in total. The molecule has 3 rings (SSSR count). The molecular weight excluding hydrogens is 374 g/mol. The van der Waals surface area contributed by atoms with Gasteiger partial charge in [-0.25, -0.2) is 18.4 Å². The molecule has 1 fully saturated rings. The van der Waals surface area contributed by atoms with Crippen LogP contribution >= 0.6 is 11.6 Å². The third-order valence-corrected chi connectivity index (χ3v) is 6.24. The van der Waals surface area contributed by atoms with Crippen LogP contribution in [0.1, 0.15) is 17.0 Å². The fourth-order valence-electron chi connectivity index (χ4n) is 2.80. The number of hydrogen-bond donors (Lipinski definition) is 0. The molecule has 1 aromatic heterocycles. The van der Waals surface area contributed by atoms with Crippen LogP contribution in [0.4, 0.5) is 5.95 Å². The molecule has 7 nitrogen and oxygen atoms in total. The summed E-state index contributed by atoms with van der Waals surface area (Å²) in [6.07, 6.45) is 0. The number of halogens is 1. The van der Waals surface area contributed by atoms with Crippen molar-refractivity contribution in [3.8, 4) is 6.07 Å². The van der Waals surface area contributed by atoms with Crippen LogP contribution in [0.2, 0.25) is 5.02 Å². The molecule has 0 spiro atoms. The number of aryl methyl sites for hydroxylation is 1. The van der Waals surface area contributed by atoms with Crippen LogP contribution in [0.15, 0.2) is 30.3 Å². The normalized spacial score (nSPS) is 15.7. The van der Waals surface area contributed by atoms with E-state index in [1.54, 1.807) is 37.3 Å². The molecule has 1 saturated heterocycles. The Bertz CT molecular complexity index is 933. The number of piperazine rings is 1. The SMILES string of the molecule is Cc1cc(C#N)nc(N2CCN(S(=O)(=O)Cc3ccc(Cl)cc3)CC2)n1. The first-order valence-corrected chi connectivity index (χ1v) is 10.1. The summed E-state index contributed by atoms with van der Waals surface area (Å²) in [5.74, 6) is 0.417. The van der Waals surface area contributed by atoms with Crippen LogP contribution in [-0.4, -0.2) is 48.9 Å². The summed E-state index contributed by atoms with van der Waals surface area (Å²) in [6, 6.07) is 10.5. The number of benzene rings is 1. The van der Waals surface area contributed by atoms with E-state index < -0.39 is 10.0 Å². The van der Waals surface area contributed by atoms with Crippen LogP contribution in [0.25, 0.3) is 0 Å². The van der Waals surface area contributed by atoms with Gasteiger partial charge in [-0.15, -0.1) is 0 Å². The number of hydrogen-bond acceptors (Lipinski definition) is 6. The maximum Gasteiger partial charge on any atom is 0.226 e. The van der Waals surface area contributed by atoms with E-state index in [4.69, 9.17) is 16.9 Å². The maximum absolute atomic E-state index is 12.6. The van der Waals surface area contributed by atoms with Crippen molar-refractivity contribution in [2.24, 2.45) is 0 Å². The van der Waals surface area contributed by atoms with Gasteiger partial charge in [0.15, 0.2) is 0 Å². The zero-order chi connectivity index (χ0) is 18.7. The molecule has 26 heavy (non-hydrogen) atoms. The molecular formula is C17H18ClN5O2S. The van der Waals surface area contributed by atoms with Crippen LogP contribution < -0.4 is 4.90 Å². The maximum atomic E-state index is 12.6. The second-order valence-electron chi connectivity index (χ2n) is 6.08. The van der Waals surface area contributed by atoms with Crippen molar-refractivity contribution >= 4 is 27.6 Å². The van der Waals surface area contributed by atoms with Gasteiger partial charge in [-0.05, 0) is 30.7 Å². The summed E-state index contributed by atoms with van der Waals surface area (Å²) < 4.78 is 26.8. The van der Waals surface area contributed by atoms with Crippen LogP contribution in [0.3, 0.4) is 0 Å². The predicted octanol–water partition coefficient (Wildman–Crippen LogP) is 1.96. The summed E-state index contributed by atoms with van der Waals surface area (Å²) in [6.45, 7) is 3.48. The van der Waals surface area contributed by atoms with E-state index in [1.165, 1.54) is 4.31 Å². The molecule has 0 saturated carbocycles. The molecule has 2 aromatic rings. The largest absolute Gasteiger partial charge is 0.338 e. The summed E-state index contributed by atoms with van der Waals surface area (Å²) in [4.78, 5) is 10.5. The first-order valence-electron chi connectivity index (χ1n) is 8.10. The summed E-state index contributed by atoms with van der Waals surface area (Å²) >= 11 is 5.84. The van der Waals surface area contributed by atoms with Crippen molar-refractivity contribution in [1.82, 2.24) is 14.3 Å². The van der Waals surface area contributed by atoms with Gasteiger partial charge < -0.3 is 4.90 Å². The quantitative estimate of drug-likeness (QED) is 0.791. The van der Waals surface area contributed by atoms with Crippen molar-refractivity contribution < 1.29 is 8.42 Å². The standard InChI is InChI=1S/C17H18ClN5O2S/c1-13-10-16(11-19)21-17(20-13)22-6-8-23(9-7-22)26(24,25)12-14-2-4-15(18)5-3-14/h2-5,10H,6-9,12H2,1H3. The zero-order valence-electron chi connectivity index (χ0n) is 14.3. The van der Waals surface area contributed by atoms with E-state index in [0.717, 1.165) is 0 Å². The highest BCUT2D eigenvalue weighted by molar-refractivity contribution is 7.88. The summed E-state index contributed by atoms with van der Waals surface area (Å²) in [5, 5.41) is 9.61. The predicted molar refractivity (Wildman–Crippen MR) is 99.3 cm³/mol. The minimum atomic E-state index is -3.41. The van der Waals surface area contributed by atoms with Gasteiger partial charge in [0.05, 0.1) is 5.75 Å². The number of nitrogens with zero attached hydrogens (tertiary/aromatic N) is 5. The van der Waals surface area contributed by atoms with Gasteiger partial charge in [-0.3, -0.25) is 0 Å². The van der Waals surface area contributed by atoms with E-state index in [0.29, 0.717) is 54.1 Å². The number of aromatic nitrogens is 2. The third kappa shape index (κ3) is 4.30. The average molecular weight is 392 g/mol. The Morgan fingerprint density at radius 1 is 1.15 bits per heavy atom. The Kier molecular flexibility index (Phi) is 5.41. The monoisotopic (exact) mass is 391 g/mol. The first-order chi connectivity index (χ1) is 12.4. The Hall–Kier alpha value is -2.21. The van der Waals surface area contributed by atoms with Gasteiger partial charge in [-0.2, -0.15) is 9.57 Å². The lowest BCUT2D eigenvalue weighted by molar-refractivity contribution is 0.382. The molecule has 9 heteroatoms. The lowest BCUT2D eigenvalue weighted by Gasteiger charge is -2.34. The van der Waals surface area contributed by atoms with Crippen molar-refractivity contribution in [2.45, 2.75) is 12.7 Å². The molecule has 1 aromatic carbocycles. The molecule has 1 aliphatic heterocycles. The lowest BCUT2D eigenvalue weighted by atomic mass is 10.2. The van der Waals surface area contributed by atoms with E-state index in [9.17, 15) is 8.42 Å². The average Bonchev–Trinajstić information content (AvgIpc) is 2.63. The highest BCUT2D eigenvalue weighted by Crippen LogP contribution is 2.18. The van der Waals surface area contributed by atoms with Crippen molar-refractivity contribution in [3.63, 3.8) is 0 Å². The second-order valence-corrected chi connectivity index (χ2v) is 8.48. The molecule has 0 bridgehead atoms. The molecule has 0 unspecified atom stereocenters. The zero-order valence-corrected chi connectivity index (χ0v) is 15.8. The molecule has 2 heterocycles. The smallest absolute Gasteiger partial charge is 0.226 e. The van der Waals surface area contributed by atoms with Gasteiger partial charge in [0, 0.05) is 36.9 Å². The summed E-state index contributed by atoms with van der Waals surface area (Å²) in [7, 11) is -3.41. The van der Waals surface area contributed by atoms with Gasteiger partial charge in [0.2, 0.25) is 16.0 Å². The van der Waals surface area contributed by atoms with Gasteiger partial charge >= 0.3 is 0 Å². The number of rotatable bonds is 4. The molecule has 0 amide bonds. The third-order valence-electron chi connectivity index (χ3n) is 4.13. The van der Waals surface area contributed by atoms with Gasteiger partial charge in [-0.1, -0.05) is 23.7 Å². The molecule has 0 atom stereocenters. The van der Waals surface area contributed by atoms with Crippen LogP contribution in [0, 0.1) is 18.3 Å². The Morgan fingerprint density at radius 3 is 2.42 bits per heavy atom. The van der Waals surface area contributed by atoms with Crippen LogP contribution in [-0.2, 0) is 15.8 Å². The van der Waals surface area contributed by atoms with Gasteiger partial charge in [0.25, 0.3) is 0 Å². The van der Waals surface area contributed by atoms with Crippen LogP contribution in [0.5, 0.6) is 0 Å². The minimum Gasteiger partial charge on any atom is -0.338 e. The molecule has 0 aliphatic carbocycles. The first kappa shape index (κ1) is 18.6. The Morgan fingerprint density at radius 2 is 1.81 bits per heavy atom. The van der Waals surface area contributed by atoms with E-state index >= 15 is 0 Å². The van der Waals surface area contributed by atoms with Crippen molar-refractivity contribution in [3.05, 3.63) is 52.3 Å². The topological polar surface area (TPSA) is 90.2 Å². The lowest BCUT2D eigenvalue weighted by Crippen LogP contribution is -2.49. The highest BCUT2D eigenvalue weighted by Gasteiger charge is 2.28. The van der Waals surface area contributed by atoms with E-state index in [-0.39, 0.29) is 5.75 Å². The van der Waals surface area contributed by atoms with E-state index in [1.807, 2.05) is 11.0 Å². The number of sulfonamides is 1. The number of anilines is 1. The molecule has 1 aliphatic rings. The molecule has 136 valence electrons. The second kappa shape index (κ2) is 7.58. The minimum absolute atomic E-state index is 0.0519. The fourth-order valence-corrected chi connectivity index (χ4v) is 4.44. The van der Waals surface area contributed by atoms with Crippen molar-refractivity contribution in [2.75, 3.05) is 31.1 Å². The van der Waals surface area contributed by atoms with Crippen molar-refractivity contribution in [1.29, 1.82) is 5.26 Å². The number of nitriles is 1. The highest BCUT2D eigenvalue weighted by atomic mass is 35.5. The molecule has 0 radical (unpaired) electrons.